The summed E-state index contributed by atoms with van der Waals surface area (Å²) in [5.41, 5.74) is 3.12. The fraction of sp³-hybridized carbons (Fsp3) is 0.0909. The molecule has 4 rings (SSSR count). The van der Waals surface area contributed by atoms with Gasteiger partial charge in [-0.25, -0.2) is 9.78 Å². The van der Waals surface area contributed by atoms with Gasteiger partial charge < -0.3 is 15.4 Å². The number of aromatic nitrogens is 1. The van der Waals surface area contributed by atoms with Gasteiger partial charge in [-0.1, -0.05) is 35.9 Å². The third-order valence-corrected chi connectivity index (χ3v) is 5.61. The molecule has 146 valence electrons. The van der Waals surface area contributed by atoms with E-state index in [1.165, 1.54) is 0 Å². The van der Waals surface area contributed by atoms with E-state index in [0.717, 1.165) is 26.5 Å². The molecule has 7 heteroatoms. The molecule has 0 saturated carbocycles. The summed E-state index contributed by atoms with van der Waals surface area (Å²) in [5.74, 6) is 0.721. The Morgan fingerprint density at radius 3 is 2.59 bits per heavy atom. The Balaban J connectivity index is 1.38. The van der Waals surface area contributed by atoms with Gasteiger partial charge in [0.05, 0.1) is 20.9 Å². The van der Waals surface area contributed by atoms with E-state index in [0.29, 0.717) is 23.0 Å². The van der Waals surface area contributed by atoms with Crippen molar-refractivity contribution in [3.8, 4) is 5.75 Å². The number of halogens is 1. The van der Waals surface area contributed by atoms with Gasteiger partial charge in [0, 0.05) is 5.69 Å². The second kappa shape index (κ2) is 8.51. The molecule has 4 aromatic rings. The first-order valence-corrected chi connectivity index (χ1v) is 10.2. The lowest BCUT2D eigenvalue weighted by Gasteiger charge is -2.12. The van der Waals surface area contributed by atoms with Gasteiger partial charge in [0.15, 0.2) is 0 Å². The highest BCUT2D eigenvalue weighted by Gasteiger charge is 2.09. The number of para-hydroxylation sites is 2. The number of rotatable bonds is 5. The van der Waals surface area contributed by atoms with E-state index in [1.54, 1.807) is 23.5 Å². The number of hydrogen-bond donors (Lipinski definition) is 2. The van der Waals surface area contributed by atoms with Crippen LogP contribution in [0.5, 0.6) is 5.75 Å². The number of ether oxygens (including phenoxy) is 1. The third kappa shape index (κ3) is 4.67. The van der Waals surface area contributed by atoms with Crippen LogP contribution in [0.4, 0.5) is 16.2 Å². The topological polar surface area (TPSA) is 63.2 Å². The van der Waals surface area contributed by atoms with Crippen LogP contribution in [0.1, 0.15) is 10.6 Å². The molecule has 0 saturated heterocycles. The Morgan fingerprint density at radius 1 is 1.03 bits per heavy atom. The van der Waals surface area contributed by atoms with Crippen LogP contribution in [0.25, 0.3) is 10.2 Å². The zero-order valence-corrected chi connectivity index (χ0v) is 17.2. The number of amides is 2. The summed E-state index contributed by atoms with van der Waals surface area (Å²) in [6.45, 7) is 2.31. The minimum Gasteiger partial charge on any atom is -0.486 e. The number of hydrogen-bond acceptors (Lipinski definition) is 4. The standard InChI is InChI=1S/C22H18ClN3O2S/c1-14-12-15(28-13-21-24-19-8-4-5-9-20(19)29-21)10-11-17(14)25-22(27)26-18-7-3-2-6-16(18)23/h2-12H,13H2,1H3,(H2,25,26,27). The molecule has 0 unspecified atom stereocenters. The molecule has 2 N–H and O–H groups in total. The van der Waals surface area contributed by atoms with Gasteiger partial charge in [-0.05, 0) is 55.0 Å². The van der Waals surface area contributed by atoms with E-state index in [2.05, 4.69) is 21.7 Å². The molecule has 5 nitrogen and oxygen atoms in total. The Hall–Kier alpha value is -3.09. The number of nitrogens with one attached hydrogen (secondary N) is 2. The maximum Gasteiger partial charge on any atom is 0.323 e. The van der Waals surface area contributed by atoms with E-state index < -0.39 is 0 Å². The molecule has 1 heterocycles. The van der Waals surface area contributed by atoms with Crippen molar-refractivity contribution in [3.05, 3.63) is 82.3 Å². The maximum absolute atomic E-state index is 12.2. The van der Waals surface area contributed by atoms with Crippen LogP contribution in [0.3, 0.4) is 0 Å². The van der Waals surface area contributed by atoms with Crippen molar-refractivity contribution >= 4 is 50.6 Å². The van der Waals surface area contributed by atoms with Gasteiger partial charge in [0.1, 0.15) is 17.4 Å². The largest absolute Gasteiger partial charge is 0.486 e. The highest BCUT2D eigenvalue weighted by molar-refractivity contribution is 7.18. The lowest BCUT2D eigenvalue weighted by atomic mass is 10.2. The number of urea groups is 1. The molecule has 0 aliphatic carbocycles. The van der Waals surface area contributed by atoms with E-state index in [1.807, 2.05) is 55.5 Å². The Bertz CT molecular complexity index is 1140. The zero-order chi connectivity index (χ0) is 20.2. The Kier molecular flexibility index (Phi) is 5.64. The smallest absolute Gasteiger partial charge is 0.323 e. The number of anilines is 2. The fourth-order valence-corrected chi connectivity index (χ4v) is 3.89. The predicted molar refractivity (Wildman–Crippen MR) is 119 cm³/mol. The number of fused-ring (bicyclic) bond motifs is 1. The van der Waals surface area contributed by atoms with Crippen molar-refractivity contribution in [2.45, 2.75) is 13.5 Å². The summed E-state index contributed by atoms with van der Waals surface area (Å²) in [4.78, 5) is 16.8. The van der Waals surface area contributed by atoms with Crippen molar-refractivity contribution in [1.29, 1.82) is 0 Å². The summed E-state index contributed by atoms with van der Waals surface area (Å²) in [7, 11) is 0. The summed E-state index contributed by atoms with van der Waals surface area (Å²) >= 11 is 7.69. The average Bonchev–Trinajstić information content (AvgIpc) is 3.13. The summed E-state index contributed by atoms with van der Waals surface area (Å²) in [6, 6.07) is 20.3. The van der Waals surface area contributed by atoms with Crippen molar-refractivity contribution in [3.63, 3.8) is 0 Å². The van der Waals surface area contributed by atoms with Gasteiger partial charge in [-0.15, -0.1) is 11.3 Å². The number of carbonyl (C=O) groups excluding carboxylic acids is 1. The fourth-order valence-electron chi connectivity index (χ4n) is 2.83. The van der Waals surface area contributed by atoms with Gasteiger partial charge in [0.2, 0.25) is 0 Å². The molecule has 0 spiro atoms. The first-order valence-electron chi connectivity index (χ1n) is 8.99. The third-order valence-electron chi connectivity index (χ3n) is 4.27. The number of benzene rings is 3. The van der Waals surface area contributed by atoms with E-state index in [4.69, 9.17) is 16.3 Å². The molecule has 0 atom stereocenters. The lowest BCUT2D eigenvalue weighted by molar-refractivity contribution is 0.262. The first-order chi connectivity index (χ1) is 14.1. The normalized spacial score (nSPS) is 10.7. The van der Waals surface area contributed by atoms with Crippen LogP contribution in [-0.4, -0.2) is 11.0 Å². The number of thiazole rings is 1. The molecule has 1 aromatic heterocycles. The second-order valence-corrected chi connectivity index (χ2v) is 7.92. The van der Waals surface area contributed by atoms with Crippen LogP contribution >= 0.6 is 22.9 Å². The summed E-state index contributed by atoms with van der Waals surface area (Å²) < 4.78 is 7.02. The Morgan fingerprint density at radius 2 is 1.79 bits per heavy atom. The minimum atomic E-state index is -0.357. The van der Waals surface area contributed by atoms with Crippen molar-refractivity contribution in [2.75, 3.05) is 10.6 Å². The average molecular weight is 424 g/mol. The van der Waals surface area contributed by atoms with Crippen molar-refractivity contribution in [2.24, 2.45) is 0 Å². The van der Waals surface area contributed by atoms with Crippen molar-refractivity contribution in [1.82, 2.24) is 4.98 Å². The molecular formula is C22H18ClN3O2S. The summed E-state index contributed by atoms with van der Waals surface area (Å²) in [5, 5.41) is 6.98. The van der Waals surface area contributed by atoms with Crippen LogP contribution in [0.15, 0.2) is 66.7 Å². The maximum atomic E-state index is 12.2. The van der Waals surface area contributed by atoms with E-state index >= 15 is 0 Å². The molecular weight excluding hydrogens is 406 g/mol. The monoisotopic (exact) mass is 423 g/mol. The molecule has 29 heavy (non-hydrogen) atoms. The minimum absolute atomic E-state index is 0.357. The SMILES string of the molecule is Cc1cc(OCc2nc3ccccc3s2)ccc1NC(=O)Nc1ccccc1Cl. The van der Waals surface area contributed by atoms with Gasteiger partial charge >= 0.3 is 6.03 Å². The van der Waals surface area contributed by atoms with Gasteiger partial charge in [-0.3, -0.25) is 0 Å². The molecule has 0 aliphatic heterocycles. The molecule has 3 aromatic carbocycles. The van der Waals surface area contributed by atoms with E-state index in [-0.39, 0.29) is 6.03 Å². The summed E-state index contributed by atoms with van der Waals surface area (Å²) in [6.07, 6.45) is 0. The first kappa shape index (κ1) is 19.2. The molecule has 2 amide bonds. The molecule has 0 fully saturated rings. The lowest BCUT2D eigenvalue weighted by Crippen LogP contribution is -2.20. The highest BCUT2D eigenvalue weighted by Crippen LogP contribution is 2.26. The molecule has 0 radical (unpaired) electrons. The van der Waals surface area contributed by atoms with Crippen LogP contribution in [-0.2, 0) is 6.61 Å². The predicted octanol–water partition coefficient (Wildman–Crippen LogP) is 6.48. The van der Waals surface area contributed by atoms with Gasteiger partial charge in [-0.2, -0.15) is 0 Å². The quantitative estimate of drug-likeness (QED) is 0.386. The van der Waals surface area contributed by atoms with E-state index in [9.17, 15) is 4.79 Å². The van der Waals surface area contributed by atoms with Crippen LogP contribution in [0, 0.1) is 6.92 Å². The molecule has 0 bridgehead atoms. The van der Waals surface area contributed by atoms with Crippen LogP contribution < -0.4 is 15.4 Å². The van der Waals surface area contributed by atoms with Crippen LogP contribution in [0.2, 0.25) is 5.02 Å². The number of aryl methyl sites for hydroxylation is 1. The Labute approximate surface area is 177 Å². The van der Waals surface area contributed by atoms with Crippen molar-refractivity contribution < 1.29 is 9.53 Å². The number of nitrogens with zero attached hydrogens (tertiary/aromatic N) is 1. The number of carbonyl (C=O) groups is 1. The zero-order valence-electron chi connectivity index (χ0n) is 15.6. The second-order valence-electron chi connectivity index (χ2n) is 6.40. The molecule has 0 aliphatic rings. The van der Waals surface area contributed by atoms with Gasteiger partial charge in [0.25, 0.3) is 0 Å². The highest BCUT2D eigenvalue weighted by atomic mass is 35.5.